The van der Waals surface area contributed by atoms with Gasteiger partial charge in [0.05, 0.1) is 13.7 Å². The van der Waals surface area contributed by atoms with Gasteiger partial charge in [0.25, 0.3) is 0 Å². The Bertz CT molecular complexity index is 418. The summed E-state index contributed by atoms with van der Waals surface area (Å²) in [6.45, 7) is 2.06. The van der Waals surface area contributed by atoms with Gasteiger partial charge in [0.1, 0.15) is 17.0 Å². The van der Waals surface area contributed by atoms with Gasteiger partial charge in [-0.15, -0.1) is 0 Å². The zero-order valence-corrected chi connectivity index (χ0v) is 11.4. The Labute approximate surface area is 113 Å². The highest BCUT2D eigenvalue weighted by Crippen LogP contribution is 2.19. The Kier molecular flexibility index (Phi) is 5.63. The summed E-state index contributed by atoms with van der Waals surface area (Å²) < 4.78 is 10.6. The number of hydrogen-bond donors (Lipinski definition) is 2. The molecule has 0 spiro atoms. The highest BCUT2D eigenvalue weighted by Gasteiger charge is 2.26. The maximum absolute atomic E-state index is 10.8. The highest BCUT2D eigenvalue weighted by molar-refractivity contribution is 5.77. The summed E-state index contributed by atoms with van der Waals surface area (Å²) in [5.74, 6) is 0.521. The number of rotatable bonds is 8. The molecule has 0 saturated carbocycles. The maximum atomic E-state index is 10.8. The Morgan fingerprint density at radius 2 is 2.05 bits per heavy atom. The van der Waals surface area contributed by atoms with Crippen molar-refractivity contribution in [3.63, 3.8) is 0 Å². The first-order valence-corrected chi connectivity index (χ1v) is 6.25. The average molecular weight is 267 g/mol. The minimum Gasteiger partial charge on any atom is -0.497 e. The highest BCUT2D eigenvalue weighted by atomic mass is 16.5. The number of carboxylic acids is 1. The van der Waals surface area contributed by atoms with Gasteiger partial charge in [0.15, 0.2) is 0 Å². The van der Waals surface area contributed by atoms with E-state index >= 15 is 0 Å². The molecule has 5 heteroatoms. The molecule has 1 rings (SSSR count). The lowest BCUT2D eigenvalue weighted by molar-refractivity contribution is -0.142. The lowest BCUT2D eigenvalue weighted by Crippen LogP contribution is -2.44. The number of aliphatic carboxylic acids is 1. The second-order valence-electron chi connectivity index (χ2n) is 4.71. The summed E-state index contributed by atoms with van der Waals surface area (Å²) in [4.78, 5) is 10.8. The SMILES string of the molecule is COc1cccc(OCCCCC(C)(N)C(=O)O)c1. The van der Waals surface area contributed by atoms with E-state index < -0.39 is 11.5 Å². The molecule has 106 valence electrons. The smallest absolute Gasteiger partial charge is 0.323 e. The van der Waals surface area contributed by atoms with Crippen LogP contribution < -0.4 is 15.2 Å². The fraction of sp³-hybridized carbons (Fsp3) is 0.500. The Hall–Kier alpha value is -1.75. The number of methoxy groups -OCH3 is 1. The number of hydrogen-bond acceptors (Lipinski definition) is 4. The zero-order chi connectivity index (χ0) is 14.3. The van der Waals surface area contributed by atoms with Crippen LogP contribution >= 0.6 is 0 Å². The molecular formula is C14H21NO4. The summed E-state index contributed by atoms with van der Waals surface area (Å²) in [7, 11) is 1.60. The Morgan fingerprint density at radius 3 is 2.68 bits per heavy atom. The number of carbonyl (C=O) groups is 1. The largest absolute Gasteiger partial charge is 0.497 e. The quantitative estimate of drug-likeness (QED) is 0.704. The van der Waals surface area contributed by atoms with Crippen LogP contribution in [-0.2, 0) is 4.79 Å². The minimum atomic E-state index is -1.16. The third kappa shape index (κ3) is 5.18. The van der Waals surface area contributed by atoms with Crippen molar-refractivity contribution < 1.29 is 19.4 Å². The number of unbranched alkanes of at least 4 members (excludes halogenated alkanes) is 1. The number of benzene rings is 1. The van der Waals surface area contributed by atoms with E-state index in [4.69, 9.17) is 20.3 Å². The molecule has 0 saturated heterocycles. The molecule has 19 heavy (non-hydrogen) atoms. The van der Waals surface area contributed by atoms with Crippen molar-refractivity contribution in [3.8, 4) is 11.5 Å². The lowest BCUT2D eigenvalue weighted by Gasteiger charge is -2.18. The van der Waals surface area contributed by atoms with Gasteiger partial charge in [0, 0.05) is 6.07 Å². The normalized spacial score (nSPS) is 13.6. The predicted octanol–water partition coefficient (Wildman–Crippen LogP) is 2.05. The number of nitrogens with two attached hydrogens (primary N) is 1. The molecular weight excluding hydrogens is 246 g/mol. The third-order valence-electron chi connectivity index (χ3n) is 2.89. The van der Waals surface area contributed by atoms with Crippen LogP contribution in [0.25, 0.3) is 0 Å². The molecule has 0 aliphatic rings. The van der Waals surface area contributed by atoms with Gasteiger partial charge in [-0.2, -0.15) is 0 Å². The van der Waals surface area contributed by atoms with Crippen LogP contribution in [-0.4, -0.2) is 30.3 Å². The molecule has 5 nitrogen and oxygen atoms in total. The van der Waals surface area contributed by atoms with E-state index in [1.807, 2.05) is 24.3 Å². The molecule has 0 bridgehead atoms. The molecule has 0 heterocycles. The Morgan fingerprint density at radius 1 is 1.37 bits per heavy atom. The molecule has 1 aromatic carbocycles. The van der Waals surface area contributed by atoms with Gasteiger partial charge in [-0.3, -0.25) is 4.79 Å². The molecule has 0 radical (unpaired) electrons. The van der Waals surface area contributed by atoms with Crippen LogP contribution in [0.5, 0.6) is 11.5 Å². The van der Waals surface area contributed by atoms with Gasteiger partial charge < -0.3 is 20.3 Å². The molecule has 0 aromatic heterocycles. The molecule has 1 atom stereocenters. The fourth-order valence-electron chi connectivity index (χ4n) is 1.58. The second kappa shape index (κ2) is 6.99. The van der Waals surface area contributed by atoms with Gasteiger partial charge in [-0.1, -0.05) is 6.07 Å². The molecule has 0 fully saturated rings. The first-order valence-electron chi connectivity index (χ1n) is 6.25. The van der Waals surface area contributed by atoms with Crippen molar-refractivity contribution in [1.29, 1.82) is 0 Å². The van der Waals surface area contributed by atoms with Gasteiger partial charge >= 0.3 is 5.97 Å². The van der Waals surface area contributed by atoms with Crippen LogP contribution in [0.1, 0.15) is 26.2 Å². The van der Waals surface area contributed by atoms with E-state index in [0.717, 1.165) is 17.9 Å². The molecule has 1 aromatic rings. The number of ether oxygens (including phenoxy) is 2. The number of carboxylic acid groups (broad SMARTS) is 1. The van der Waals surface area contributed by atoms with Crippen molar-refractivity contribution in [2.75, 3.05) is 13.7 Å². The van der Waals surface area contributed by atoms with Crippen molar-refractivity contribution in [3.05, 3.63) is 24.3 Å². The standard InChI is InChI=1S/C14H21NO4/c1-14(15,13(16)17)8-3-4-9-19-12-7-5-6-11(10-12)18-2/h5-7,10H,3-4,8-9,15H2,1-2H3,(H,16,17). The topological polar surface area (TPSA) is 81.8 Å². The van der Waals surface area contributed by atoms with Gasteiger partial charge in [-0.25, -0.2) is 0 Å². The predicted molar refractivity (Wildman–Crippen MR) is 72.6 cm³/mol. The van der Waals surface area contributed by atoms with Crippen LogP contribution in [0.2, 0.25) is 0 Å². The van der Waals surface area contributed by atoms with Crippen molar-refractivity contribution in [1.82, 2.24) is 0 Å². The van der Waals surface area contributed by atoms with E-state index in [1.165, 1.54) is 6.92 Å². The second-order valence-corrected chi connectivity index (χ2v) is 4.71. The van der Waals surface area contributed by atoms with Crippen molar-refractivity contribution in [2.45, 2.75) is 31.7 Å². The van der Waals surface area contributed by atoms with Crippen molar-refractivity contribution >= 4 is 5.97 Å². The molecule has 0 aliphatic carbocycles. The van der Waals surface area contributed by atoms with Crippen molar-refractivity contribution in [2.24, 2.45) is 5.73 Å². The monoisotopic (exact) mass is 267 g/mol. The third-order valence-corrected chi connectivity index (χ3v) is 2.89. The zero-order valence-electron chi connectivity index (χ0n) is 11.4. The van der Waals surface area contributed by atoms with Crippen LogP contribution in [0.15, 0.2) is 24.3 Å². The molecule has 0 amide bonds. The van der Waals surface area contributed by atoms with Crippen LogP contribution in [0.3, 0.4) is 0 Å². The van der Waals surface area contributed by atoms with Gasteiger partial charge in [-0.05, 0) is 38.3 Å². The summed E-state index contributed by atoms with van der Waals surface area (Å²) in [6, 6.07) is 7.37. The van der Waals surface area contributed by atoms with Crippen LogP contribution in [0, 0.1) is 0 Å². The first-order chi connectivity index (χ1) is 8.95. The van der Waals surface area contributed by atoms with E-state index in [-0.39, 0.29) is 0 Å². The van der Waals surface area contributed by atoms with E-state index in [9.17, 15) is 4.79 Å². The Balaban J connectivity index is 2.26. The minimum absolute atomic E-state index is 0.434. The molecule has 3 N–H and O–H groups in total. The fourth-order valence-corrected chi connectivity index (χ4v) is 1.58. The van der Waals surface area contributed by atoms with E-state index in [0.29, 0.717) is 19.4 Å². The summed E-state index contributed by atoms with van der Waals surface area (Å²) >= 11 is 0. The maximum Gasteiger partial charge on any atom is 0.323 e. The summed E-state index contributed by atoms with van der Waals surface area (Å²) in [5.41, 5.74) is 4.48. The van der Waals surface area contributed by atoms with E-state index in [2.05, 4.69) is 0 Å². The van der Waals surface area contributed by atoms with Gasteiger partial charge in [0.2, 0.25) is 0 Å². The van der Waals surface area contributed by atoms with Crippen LogP contribution in [0.4, 0.5) is 0 Å². The lowest BCUT2D eigenvalue weighted by atomic mass is 9.97. The van der Waals surface area contributed by atoms with E-state index in [1.54, 1.807) is 7.11 Å². The molecule has 0 aliphatic heterocycles. The summed E-state index contributed by atoms with van der Waals surface area (Å²) in [6.07, 6.45) is 1.91. The first kappa shape index (κ1) is 15.3. The molecule has 1 unspecified atom stereocenters. The summed E-state index contributed by atoms with van der Waals surface area (Å²) in [5, 5.41) is 8.86. The average Bonchev–Trinajstić information content (AvgIpc) is 2.38.